The summed E-state index contributed by atoms with van der Waals surface area (Å²) in [6, 6.07) is 6.05. The molecule has 3 unspecified atom stereocenters. The fraction of sp³-hybridized carbons (Fsp3) is 0.500. The summed E-state index contributed by atoms with van der Waals surface area (Å²) in [5, 5.41) is 9.86. The number of amides is 2. The number of halogens is 1. The third-order valence-electron chi connectivity index (χ3n) is 4.84. The van der Waals surface area contributed by atoms with E-state index in [1.807, 2.05) is 6.92 Å². The van der Waals surface area contributed by atoms with E-state index in [4.69, 9.17) is 11.6 Å². The minimum atomic E-state index is -0.871. The number of benzene rings is 1. The van der Waals surface area contributed by atoms with Crippen LogP contribution < -0.4 is 0 Å². The van der Waals surface area contributed by atoms with Crippen molar-refractivity contribution in [1.29, 1.82) is 0 Å². The standard InChI is InChI=1S/C18H21ClN2O4S/c1-11-6-13(18(24)25)8-20(7-11)17(23)15-9-26-10-21(15)16(22)12-2-4-14(19)5-3-12/h2-5,11,13,15H,6-10H2,1H3,(H,24,25). The molecule has 0 aromatic heterocycles. The second kappa shape index (κ2) is 7.88. The van der Waals surface area contributed by atoms with Crippen LogP contribution in [0.25, 0.3) is 0 Å². The molecule has 1 N–H and O–H groups in total. The summed E-state index contributed by atoms with van der Waals surface area (Å²) in [6.07, 6.45) is 0.575. The van der Waals surface area contributed by atoms with Crippen LogP contribution in [-0.4, -0.2) is 63.5 Å². The van der Waals surface area contributed by atoms with Crippen molar-refractivity contribution in [3.05, 3.63) is 34.9 Å². The summed E-state index contributed by atoms with van der Waals surface area (Å²) in [7, 11) is 0. The van der Waals surface area contributed by atoms with Gasteiger partial charge in [-0.25, -0.2) is 0 Å². The molecular weight excluding hydrogens is 376 g/mol. The lowest BCUT2D eigenvalue weighted by Gasteiger charge is -2.37. The predicted molar refractivity (Wildman–Crippen MR) is 100 cm³/mol. The fourth-order valence-corrected chi connectivity index (χ4v) is 4.80. The van der Waals surface area contributed by atoms with Gasteiger partial charge in [0.15, 0.2) is 0 Å². The quantitative estimate of drug-likeness (QED) is 0.848. The normalized spacial score (nSPS) is 26.0. The number of thioether (sulfide) groups is 1. The Balaban J connectivity index is 1.74. The van der Waals surface area contributed by atoms with E-state index in [-0.39, 0.29) is 24.3 Å². The van der Waals surface area contributed by atoms with Gasteiger partial charge in [0.1, 0.15) is 6.04 Å². The summed E-state index contributed by atoms with van der Waals surface area (Å²) in [6.45, 7) is 2.70. The second-order valence-corrected chi connectivity index (χ2v) is 8.35. The van der Waals surface area contributed by atoms with Gasteiger partial charge in [0.2, 0.25) is 5.91 Å². The number of carbonyl (C=O) groups excluding carboxylic acids is 2. The molecule has 3 rings (SSSR count). The Morgan fingerprint density at radius 3 is 2.54 bits per heavy atom. The van der Waals surface area contributed by atoms with Gasteiger partial charge in [0, 0.05) is 29.4 Å². The van der Waals surface area contributed by atoms with Gasteiger partial charge in [-0.05, 0) is 36.6 Å². The molecule has 8 heteroatoms. The number of hydrogen-bond acceptors (Lipinski definition) is 4. The van der Waals surface area contributed by atoms with Crippen LogP contribution in [0.3, 0.4) is 0 Å². The molecule has 2 fully saturated rings. The first kappa shape index (κ1) is 19.0. The van der Waals surface area contributed by atoms with Gasteiger partial charge in [0.05, 0.1) is 11.8 Å². The van der Waals surface area contributed by atoms with Crippen LogP contribution in [0.5, 0.6) is 0 Å². The SMILES string of the molecule is CC1CC(C(=O)O)CN(C(=O)C2CSCN2C(=O)c2ccc(Cl)cc2)C1. The van der Waals surface area contributed by atoms with E-state index in [0.29, 0.717) is 35.2 Å². The molecule has 140 valence electrons. The van der Waals surface area contributed by atoms with Crippen LogP contribution in [0.15, 0.2) is 24.3 Å². The average Bonchev–Trinajstić information content (AvgIpc) is 3.10. The molecule has 1 aromatic carbocycles. The van der Waals surface area contributed by atoms with E-state index < -0.39 is 17.9 Å². The van der Waals surface area contributed by atoms with E-state index >= 15 is 0 Å². The van der Waals surface area contributed by atoms with Gasteiger partial charge in [-0.3, -0.25) is 14.4 Å². The third-order valence-corrected chi connectivity index (χ3v) is 6.10. The Labute approximate surface area is 161 Å². The maximum absolute atomic E-state index is 13.0. The van der Waals surface area contributed by atoms with Crippen LogP contribution in [0.1, 0.15) is 23.7 Å². The van der Waals surface area contributed by atoms with Gasteiger partial charge in [-0.15, -0.1) is 11.8 Å². The average molecular weight is 397 g/mol. The first-order valence-corrected chi connectivity index (χ1v) is 10.1. The molecule has 0 radical (unpaired) electrons. The van der Waals surface area contributed by atoms with Crippen molar-refractivity contribution in [2.45, 2.75) is 19.4 Å². The fourth-order valence-electron chi connectivity index (χ4n) is 3.53. The van der Waals surface area contributed by atoms with Crippen molar-refractivity contribution in [2.75, 3.05) is 24.7 Å². The molecule has 2 aliphatic heterocycles. The van der Waals surface area contributed by atoms with E-state index in [1.54, 1.807) is 34.1 Å². The number of carboxylic acids is 1. The predicted octanol–water partition coefficient (Wildman–Crippen LogP) is 2.42. The van der Waals surface area contributed by atoms with Gasteiger partial charge in [-0.1, -0.05) is 18.5 Å². The maximum Gasteiger partial charge on any atom is 0.308 e. The lowest BCUT2D eigenvalue weighted by molar-refractivity contribution is -0.148. The van der Waals surface area contributed by atoms with Crippen molar-refractivity contribution in [3.8, 4) is 0 Å². The number of aliphatic carboxylic acids is 1. The number of carbonyl (C=O) groups is 3. The Bertz CT molecular complexity index is 712. The highest BCUT2D eigenvalue weighted by molar-refractivity contribution is 7.99. The monoisotopic (exact) mass is 396 g/mol. The summed E-state index contributed by atoms with van der Waals surface area (Å²) in [5.74, 6) is -0.672. The number of hydrogen-bond donors (Lipinski definition) is 1. The maximum atomic E-state index is 13.0. The molecule has 0 bridgehead atoms. The smallest absolute Gasteiger partial charge is 0.308 e. The van der Waals surface area contributed by atoms with Crippen molar-refractivity contribution in [2.24, 2.45) is 11.8 Å². The van der Waals surface area contributed by atoms with Crippen molar-refractivity contribution in [3.63, 3.8) is 0 Å². The van der Waals surface area contributed by atoms with Crippen LogP contribution in [-0.2, 0) is 9.59 Å². The van der Waals surface area contributed by atoms with E-state index in [1.165, 1.54) is 11.8 Å². The van der Waals surface area contributed by atoms with Crippen LogP contribution >= 0.6 is 23.4 Å². The third kappa shape index (κ3) is 3.99. The van der Waals surface area contributed by atoms with Crippen molar-refractivity contribution in [1.82, 2.24) is 9.80 Å². The second-order valence-electron chi connectivity index (χ2n) is 6.92. The topological polar surface area (TPSA) is 77.9 Å². The van der Waals surface area contributed by atoms with Gasteiger partial charge in [-0.2, -0.15) is 0 Å². The Morgan fingerprint density at radius 1 is 1.19 bits per heavy atom. The van der Waals surface area contributed by atoms with Crippen LogP contribution in [0.2, 0.25) is 5.02 Å². The Kier molecular flexibility index (Phi) is 5.77. The highest BCUT2D eigenvalue weighted by Gasteiger charge is 2.40. The molecule has 1 aromatic rings. The number of rotatable bonds is 3. The molecular formula is C18H21ClN2O4S. The molecule has 3 atom stereocenters. The molecule has 26 heavy (non-hydrogen) atoms. The molecule has 6 nitrogen and oxygen atoms in total. The molecule has 2 amide bonds. The summed E-state index contributed by atoms with van der Waals surface area (Å²) >= 11 is 7.40. The van der Waals surface area contributed by atoms with E-state index in [9.17, 15) is 19.5 Å². The van der Waals surface area contributed by atoms with Crippen molar-refractivity contribution >= 4 is 41.1 Å². The summed E-state index contributed by atoms with van der Waals surface area (Å²) < 4.78 is 0. The zero-order valence-corrected chi connectivity index (χ0v) is 16.0. The number of nitrogens with zero attached hydrogens (tertiary/aromatic N) is 2. The number of carboxylic acid groups (broad SMARTS) is 1. The van der Waals surface area contributed by atoms with Crippen LogP contribution in [0.4, 0.5) is 0 Å². The lowest BCUT2D eigenvalue weighted by atomic mass is 9.90. The highest BCUT2D eigenvalue weighted by atomic mass is 35.5. The molecule has 0 spiro atoms. The van der Waals surface area contributed by atoms with E-state index in [0.717, 1.165) is 0 Å². The lowest BCUT2D eigenvalue weighted by Crippen LogP contribution is -2.53. The molecule has 2 aliphatic rings. The molecule has 0 saturated carbocycles. The summed E-state index contributed by atoms with van der Waals surface area (Å²) in [4.78, 5) is 40.4. The number of piperidine rings is 1. The first-order valence-electron chi connectivity index (χ1n) is 8.52. The van der Waals surface area contributed by atoms with Gasteiger partial charge < -0.3 is 14.9 Å². The van der Waals surface area contributed by atoms with Crippen molar-refractivity contribution < 1.29 is 19.5 Å². The Hall–Kier alpha value is -1.73. The molecule has 0 aliphatic carbocycles. The zero-order valence-electron chi connectivity index (χ0n) is 14.4. The van der Waals surface area contributed by atoms with Gasteiger partial charge in [0.25, 0.3) is 5.91 Å². The zero-order chi connectivity index (χ0) is 18.8. The minimum absolute atomic E-state index is 0.128. The van der Waals surface area contributed by atoms with Crippen LogP contribution in [0, 0.1) is 11.8 Å². The molecule has 2 heterocycles. The number of likely N-dealkylation sites (tertiary alicyclic amines) is 1. The first-order chi connectivity index (χ1) is 12.4. The minimum Gasteiger partial charge on any atom is -0.481 e. The largest absolute Gasteiger partial charge is 0.481 e. The molecule has 2 saturated heterocycles. The van der Waals surface area contributed by atoms with E-state index in [2.05, 4.69) is 0 Å². The highest BCUT2D eigenvalue weighted by Crippen LogP contribution is 2.28. The van der Waals surface area contributed by atoms with Gasteiger partial charge >= 0.3 is 5.97 Å². The summed E-state index contributed by atoms with van der Waals surface area (Å²) in [5.41, 5.74) is 0.491. The Morgan fingerprint density at radius 2 is 1.88 bits per heavy atom.